The molecule has 1 aliphatic rings. The molecule has 1 aromatic rings. The molecular weight excluding hydrogens is 280 g/mol. The van der Waals surface area contributed by atoms with Crippen molar-refractivity contribution >= 4 is 6.03 Å². The van der Waals surface area contributed by atoms with Gasteiger partial charge in [-0.15, -0.1) is 0 Å². The van der Waals surface area contributed by atoms with Gasteiger partial charge in [-0.1, -0.05) is 13.3 Å². The van der Waals surface area contributed by atoms with Crippen LogP contribution in [0, 0.1) is 5.92 Å². The highest BCUT2D eigenvalue weighted by atomic mass is 16.4. The van der Waals surface area contributed by atoms with Crippen molar-refractivity contribution in [1.82, 2.24) is 10.6 Å². The maximum absolute atomic E-state index is 12.0. The van der Waals surface area contributed by atoms with Gasteiger partial charge in [0.05, 0.1) is 6.26 Å². The fourth-order valence-corrected chi connectivity index (χ4v) is 3.16. The molecule has 2 amide bonds. The summed E-state index contributed by atoms with van der Waals surface area (Å²) in [6.45, 7) is 4.12. The number of nitrogens with one attached hydrogen (secondary N) is 2. The Kier molecular flexibility index (Phi) is 6.31. The van der Waals surface area contributed by atoms with E-state index in [-0.39, 0.29) is 18.1 Å². The van der Waals surface area contributed by atoms with Crippen molar-refractivity contribution in [3.05, 3.63) is 24.2 Å². The first-order valence-corrected chi connectivity index (χ1v) is 8.37. The molecule has 2 rings (SSSR count). The van der Waals surface area contributed by atoms with Crippen molar-refractivity contribution in [2.45, 2.75) is 70.6 Å². The topological polar surface area (TPSA) is 74.5 Å². The second-order valence-electron chi connectivity index (χ2n) is 6.41. The van der Waals surface area contributed by atoms with E-state index in [0.717, 1.165) is 18.8 Å². The second-order valence-corrected chi connectivity index (χ2v) is 6.41. The van der Waals surface area contributed by atoms with E-state index in [0.29, 0.717) is 12.2 Å². The van der Waals surface area contributed by atoms with Crippen LogP contribution < -0.4 is 10.6 Å². The van der Waals surface area contributed by atoms with Crippen molar-refractivity contribution in [3.8, 4) is 0 Å². The van der Waals surface area contributed by atoms with Gasteiger partial charge in [0.2, 0.25) is 0 Å². The molecule has 2 unspecified atom stereocenters. The van der Waals surface area contributed by atoms with Crippen LogP contribution in [0.25, 0.3) is 0 Å². The van der Waals surface area contributed by atoms with Gasteiger partial charge in [0.1, 0.15) is 11.9 Å². The van der Waals surface area contributed by atoms with Crippen LogP contribution in [-0.4, -0.2) is 23.2 Å². The van der Waals surface area contributed by atoms with Gasteiger partial charge in [-0.05, 0) is 50.7 Å². The lowest BCUT2D eigenvalue weighted by Gasteiger charge is -2.29. The molecule has 1 fully saturated rings. The zero-order valence-electron chi connectivity index (χ0n) is 13.5. The predicted octanol–water partition coefficient (Wildman–Crippen LogP) is 3.36. The molecule has 0 saturated heterocycles. The van der Waals surface area contributed by atoms with Crippen LogP contribution >= 0.6 is 0 Å². The smallest absolute Gasteiger partial charge is 0.315 e. The number of furan rings is 1. The third-order valence-electron chi connectivity index (χ3n) is 4.59. The summed E-state index contributed by atoms with van der Waals surface area (Å²) in [5.41, 5.74) is 0. The number of aliphatic hydroxyl groups excluding tert-OH is 1. The summed E-state index contributed by atoms with van der Waals surface area (Å²) in [6, 6.07) is 3.51. The van der Waals surface area contributed by atoms with E-state index in [1.807, 2.05) is 6.92 Å². The molecule has 1 heterocycles. The second kappa shape index (κ2) is 8.22. The van der Waals surface area contributed by atoms with Crippen molar-refractivity contribution < 1.29 is 14.3 Å². The molecule has 0 bridgehead atoms. The molecule has 0 radical (unpaired) electrons. The van der Waals surface area contributed by atoms with Crippen LogP contribution in [-0.2, 0) is 0 Å². The fraction of sp³-hybridized carbons (Fsp3) is 0.706. The highest BCUT2D eigenvalue weighted by Crippen LogP contribution is 2.26. The number of urea groups is 1. The van der Waals surface area contributed by atoms with Crippen LogP contribution in [0.3, 0.4) is 0 Å². The summed E-state index contributed by atoms with van der Waals surface area (Å²) in [5, 5.41) is 15.9. The molecule has 0 aliphatic heterocycles. The highest BCUT2D eigenvalue weighted by molar-refractivity contribution is 5.74. The first-order valence-electron chi connectivity index (χ1n) is 8.37. The van der Waals surface area contributed by atoms with E-state index in [1.54, 1.807) is 12.1 Å². The quantitative estimate of drug-likeness (QED) is 0.754. The molecule has 3 N–H and O–H groups in total. The van der Waals surface area contributed by atoms with Gasteiger partial charge in [-0.2, -0.15) is 0 Å². The standard InChI is InChI=1S/C17H28N2O3/c1-3-13-6-8-14(9-7-13)19-17(21)18-12(2)11-15(20)16-5-4-10-22-16/h4-5,10,12-15,20H,3,6-9,11H2,1-2H3,(H2,18,19,21). The normalized spacial score (nSPS) is 24.5. The number of aliphatic hydroxyl groups is 1. The van der Waals surface area contributed by atoms with Crippen molar-refractivity contribution in [2.75, 3.05) is 0 Å². The molecule has 5 heteroatoms. The summed E-state index contributed by atoms with van der Waals surface area (Å²) in [6.07, 6.45) is 7.05. The Labute approximate surface area is 132 Å². The van der Waals surface area contributed by atoms with E-state index >= 15 is 0 Å². The predicted molar refractivity (Wildman–Crippen MR) is 85.5 cm³/mol. The van der Waals surface area contributed by atoms with E-state index in [1.165, 1.54) is 25.5 Å². The Balaban J connectivity index is 1.68. The maximum Gasteiger partial charge on any atom is 0.315 e. The fourth-order valence-electron chi connectivity index (χ4n) is 3.16. The average Bonchev–Trinajstić information content (AvgIpc) is 3.02. The molecule has 22 heavy (non-hydrogen) atoms. The third kappa shape index (κ3) is 5.05. The Morgan fingerprint density at radius 3 is 2.73 bits per heavy atom. The van der Waals surface area contributed by atoms with Gasteiger partial charge in [-0.3, -0.25) is 0 Å². The third-order valence-corrected chi connectivity index (χ3v) is 4.59. The SMILES string of the molecule is CCC1CCC(NC(=O)NC(C)CC(O)c2ccco2)CC1. The Morgan fingerprint density at radius 2 is 2.14 bits per heavy atom. The number of carbonyl (C=O) groups excluding carboxylic acids is 1. The number of hydrogen-bond donors (Lipinski definition) is 3. The van der Waals surface area contributed by atoms with E-state index in [9.17, 15) is 9.90 Å². The average molecular weight is 308 g/mol. The molecule has 0 aromatic carbocycles. The van der Waals surface area contributed by atoms with Gasteiger partial charge in [0.15, 0.2) is 0 Å². The van der Waals surface area contributed by atoms with E-state index < -0.39 is 6.10 Å². The van der Waals surface area contributed by atoms with Crippen LogP contribution in [0.2, 0.25) is 0 Å². The zero-order chi connectivity index (χ0) is 15.9. The molecule has 2 atom stereocenters. The number of hydrogen-bond acceptors (Lipinski definition) is 3. The van der Waals surface area contributed by atoms with Gasteiger partial charge < -0.3 is 20.2 Å². The molecule has 5 nitrogen and oxygen atoms in total. The summed E-state index contributed by atoms with van der Waals surface area (Å²) < 4.78 is 5.16. The minimum Gasteiger partial charge on any atom is -0.467 e. The lowest BCUT2D eigenvalue weighted by molar-refractivity contribution is 0.129. The van der Waals surface area contributed by atoms with Crippen molar-refractivity contribution in [3.63, 3.8) is 0 Å². The lowest BCUT2D eigenvalue weighted by Crippen LogP contribution is -2.46. The molecular formula is C17H28N2O3. The minimum atomic E-state index is -0.690. The molecule has 1 aromatic heterocycles. The van der Waals surface area contributed by atoms with E-state index in [2.05, 4.69) is 17.6 Å². The monoisotopic (exact) mass is 308 g/mol. The maximum atomic E-state index is 12.0. The Bertz CT molecular complexity index is 439. The zero-order valence-corrected chi connectivity index (χ0v) is 13.5. The summed E-state index contributed by atoms with van der Waals surface area (Å²) in [7, 11) is 0. The molecule has 1 saturated carbocycles. The number of amides is 2. The van der Waals surface area contributed by atoms with Crippen molar-refractivity contribution in [2.24, 2.45) is 5.92 Å². The first kappa shape index (κ1) is 16.9. The van der Waals surface area contributed by atoms with Gasteiger partial charge in [0.25, 0.3) is 0 Å². The van der Waals surface area contributed by atoms with Crippen molar-refractivity contribution in [1.29, 1.82) is 0 Å². The Morgan fingerprint density at radius 1 is 1.41 bits per heavy atom. The number of rotatable bonds is 6. The van der Waals surface area contributed by atoms with Gasteiger partial charge >= 0.3 is 6.03 Å². The van der Waals surface area contributed by atoms with Crippen LogP contribution in [0.15, 0.2) is 22.8 Å². The molecule has 124 valence electrons. The summed E-state index contributed by atoms with van der Waals surface area (Å²) in [5.74, 6) is 1.36. The molecule has 0 spiro atoms. The summed E-state index contributed by atoms with van der Waals surface area (Å²) in [4.78, 5) is 12.0. The largest absolute Gasteiger partial charge is 0.467 e. The number of carbonyl (C=O) groups is 1. The minimum absolute atomic E-state index is 0.118. The van der Waals surface area contributed by atoms with Gasteiger partial charge in [0, 0.05) is 18.5 Å². The molecule has 1 aliphatic carbocycles. The van der Waals surface area contributed by atoms with Gasteiger partial charge in [-0.25, -0.2) is 4.79 Å². The highest BCUT2D eigenvalue weighted by Gasteiger charge is 2.22. The van der Waals surface area contributed by atoms with Crippen LogP contribution in [0.4, 0.5) is 4.79 Å². The van der Waals surface area contributed by atoms with Crippen LogP contribution in [0.1, 0.15) is 64.2 Å². The van der Waals surface area contributed by atoms with Crippen LogP contribution in [0.5, 0.6) is 0 Å². The van der Waals surface area contributed by atoms with E-state index in [4.69, 9.17) is 4.42 Å². The first-order chi connectivity index (χ1) is 10.6. The Hall–Kier alpha value is -1.49. The summed E-state index contributed by atoms with van der Waals surface area (Å²) >= 11 is 0. The lowest BCUT2D eigenvalue weighted by atomic mass is 9.85.